The Balaban J connectivity index is 3.91. The molecule has 1 unspecified atom stereocenters. The minimum atomic E-state index is -0.147. The SMILES string of the molecule is C#CCNC(CN)CC(C)(C)OC. The van der Waals surface area contributed by atoms with Gasteiger partial charge >= 0.3 is 0 Å². The third-order valence-electron chi connectivity index (χ3n) is 2.07. The van der Waals surface area contributed by atoms with E-state index in [-0.39, 0.29) is 11.6 Å². The van der Waals surface area contributed by atoms with E-state index in [2.05, 4.69) is 11.2 Å². The number of hydrogen-bond donors (Lipinski definition) is 2. The number of ether oxygens (including phenoxy) is 1. The third-order valence-corrected chi connectivity index (χ3v) is 2.07. The summed E-state index contributed by atoms with van der Waals surface area (Å²) >= 11 is 0. The number of nitrogens with two attached hydrogens (primary N) is 1. The Morgan fingerprint density at radius 2 is 2.23 bits per heavy atom. The maximum Gasteiger partial charge on any atom is 0.0638 e. The van der Waals surface area contributed by atoms with Gasteiger partial charge in [0.05, 0.1) is 12.1 Å². The van der Waals surface area contributed by atoms with Crippen LogP contribution < -0.4 is 11.1 Å². The van der Waals surface area contributed by atoms with Gasteiger partial charge < -0.3 is 15.8 Å². The van der Waals surface area contributed by atoms with Gasteiger partial charge in [0.2, 0.25) is 0 Å². The second kappa shape index (κ2) is 5.98. The van der Waals surface area contributed by atoms with Crippen LogP contribution in [0.15, 0.2) is 0 Å². The molecule has 3 nitrogen and oxygen atoms in total. The summed E-state index contributed by atoms with van der Waals surface area (Å²) in [5, 5.41) is 3.17. The van der Waals surface area contributed by atoms with Crippen molar-refractivity contribution in [2.45, 2.75) is 31.9 Å². The van der Waals surface area contributed by atoms with E-state index < -0.39 is 0 Å². The molecule has 13 heavy (non-hydrogen) atoms. The van der Waals surface area contributed by atoms with Crippen LogP contribution in [0.4, 0.5) is 0 Å². The molecule has 3 heteroatoms. The summed E-state index contributed by atoms with van der Waals surface area (Å²) in [4.78, 5) is 0. The van der Waals surface area contributed by atoms with Crippen molar-refractivity contribution in [3.8, 4) is 12.3 Å². The summed E-state index contributed by atoms with van der Waals surface area (Å²) in [5.41, 5.74) is 5.44. The van der Waals surface area contributed by atoms with Crippen LogP contribution in [0, 0.1) is 12.3 Å². The molecule has 0 saturated heterocycles. The molecule has 0 saturated carbocycles. The van der Waals surface area contributed by atoms with Crippen LogP contribution in [0.3, 0.4) is 0 Å². The molecule has 76 valence electrons. The van der Waals surface area contributed by atoms with Gasteiger partial charge in [0.25, 0.3) is 0 Å². The van der Waals surface area contributed by atoms with Gasteiger partial charge in [0.15, 0.2) is 0 Å². The average molecular weight is 184 g/mol. The first-order chi connectivity index (χ1) is 6.05. The van der Waals surface area contributed by atoms with E-state index >= 15 is 0 Å². The lowest BCUT2D eigenvalue weighted by Crippen LogP contribution is -2.42. The third kappa shape index (κ3) is 5.64. The molecule has 1 atom stereocenters. The van der Waals surface area contributed by atoms with E-state index in [1.165, 1.54) is 0 Å². The van der Waals surface area contributed by atoms with Crippen molar-refractivity contribution >= 4 is 0 Å². The summed E-state index contributed by atoms with van der Waals surface area (Å²) in [7, 11) is 1.70. The highest BCUT2D eigenvalue weighted by Gasteiger charge is 2.21. The summed E-state index contributed by atoms with van der Waals surface area (Å²) < 4.78 is 5.30. The van der Waals surface area contributed by atoms with Crippen LogP contribution in [0.5, 0.6) is 0 Å². The molecule has 0 aliphatic rings. The fourth-order valence-electron chi connectivity index (χ4n) is 1.12. The van der Waals surface area contributed by atoms with E-state index in [9.17, 15) is 0 Å². The molecule has 0 rings (SSSR count). The molecular weight excluding hydrogens is 164 g/mol. The molecule has 0 aromatic heterocycles. The van der Waals surface area contributed by atoms with Crippen LogP contribution in [0.2, 0.25) is 0 Å². The van der Waals surface area contributed by atoms with Gasteiger partial charge in [-0.15, -0.1) is 6.42 Å². The summed E-state index contributed by atoms with van der Waals surface area (Å²) in [6.45, 7) is 5.20. The van der Waals surface area contributed by atoms with Gasteiger partial charge in [0.1, 0.15) is 0 Å². The van der Waals surface area contributed by atoms with Gasteiger partial charge in [-0.1, -0.05) is 5.92 Å². The zero-order chi connectivity index (χ0) is 10.3. The molecule has 0 radical (unpaired) electrons. The first kappa shape index (κ1) is 12.4. The Labute approximate surface area is 81.0 Å². The van der Waals surface area contributed by atoms with Crippen LogP contribution >= 0.6 is 0 Å². The normalized spacial score (nSPS) is 13.8. The first-order valence-electron chi connectivity index (χ1n) is 4.48. The Kier molecular flexibility index (Phi) is 5.72. The highest BCUT2D eigenvalue weighted by atomic mass is 16.5. The molecular formula is C10H20N2O. The predicted molar refractivity (Wildman–Crippen MR) is 55.4 cm³/mol. The van der Waals surface area contributed by atoms with E-state index in [1.807, 2.05) is 13.8 Å². The standard InChI is InChI=1S/C10H20N2O/c1-5-6-12-9(8-11)7-10(2,3)13-4/h1,9,12H,6-8,11H2,2-4H3. The Bertz CT molecular complexity index is 172. The smallest absolute Gasteiger partial charge is 0.0638 e. The van der Waals surface area contributed by atoms with Crippen molar-refractivity contribution in [2.24, 2.45) is 5.73 Å². The Morgan fingerprint density at radius 1 is 1.62 bits per heavy atom. The minimum Gasteiger partial charge on any atom is -0.379 e. The minimum absolute atomic E-state index is 0.147. The topological polar surface area (TPSA) is 47.3 Å². The maximum absolute atomic E-state index is 5.59. The van der Waals surface area contributed by atoms with E-state index in [4.69, 9.17) is 16.9 Å². The lowest BCUT2D eigenvalue weighted by Gasteiger charge is -2.28. The molecule has 0 aliphatic carbocycles. The molecule has 0 heterocycles. The van der Waals surface area contributed by atoms with Gasteiger partial charge in [-0.05, 0) is 20.3 Å². The highest BCUT2D eigenvalue weighted by molar-refractivity contribution is 4.89. The lowest BCUT2D eigenvalue weighted by molar-refractivity contribution is 0.00812. The fourth-order valence-corrected chi connectivity index (χ4v) is 1.12. The zero-order valence-corrected chi connectivity index (χ0v) is 8.76. The number of methoxy groups -OCH3 is 1. The predicted octanol–water partition coefficient (Wildman–Crippen LogP) is 0.352. The van der Waals surface area contributed by atoms with Crippen LogP contribution in [0.1, 0.15) is 20.3 Å². The molecule has 0 fully saturated rings. The number of rotatable bonds is 6. The quantitative estimate of drug-likeness (QED) is 0.586. The average Bonchev–Trinajstić information content (AvgIpc) is 2.12. The number of hydrogen-bond acceptors (Lipinski definition) is 3. The molecule has 0 spiro atoms. The van der Waals surface area contributed by atoms with Crippen molar-refractivity contribution in [1.82, 2.24) is 5.32 Å². The largest absolute Gasteiger partial charge is 0.379 e. The van der Waals surface area contributed by atoms with Gasteiger partial charge in [0, 0.05) is 19.7 Å². The van der Waals surface area contributed by atoms with Gasteiger partial charge in [-0.3, -0.25) is 0 Å². The van der Waals surface area contributed by atoms with Crippen LogP contribution in [-0.2, 0) is 4.74 Å². The summed E-state index contributed by atoms with van der Waals surface area (Å²) in [5.74, 6) is 2.53. The maximum atomic E-state index is 5.59. The van der Waals surface area contributed by atoms with E-state index in [0.717, 1.165) is 6.42 Å². The van der Waals surface area contributed by atoms with Crippen molar-refractivity contribution < 1.29 is 4.74 Å². The number of nitrogens with one attached hydrogen (secondary N) is 1. The molecule has 3 N–H and O–H groups in total. The molecule has 0 aliphatic heterocycles. The highest BCUT2D eigenvalue weighted by Crippen LogP contribution is 2.14. The van der Waals surface area contributed by atoms with Gasteiger partial charge in [-0.25, -0.2) is 0 Å². The van der Waals surface area contributed by atoms with Crippen LogP contribution in [-0.4, -0.2) is 31.8 Å². The Hall–Kier alpha value is -0.560. The van der Waals surface area contributed by atoms with Gasteiger partial charge in [-0.2, -0.15) is 0 Å². The first-order valence-corrected chi connectivity index (χ1v) is 4.48. The second-order valence-electron chi connectivity index (χ2n) is 3.69. The molecule has 0 bridgehead atoms. The zero-order valence-electron chi connectivity index (χ0n) is 8.76. The molecule has 0 aromatic carbocycles. The van der Waals surface area contributed by atoms with Crippen molar-refractivity contribution in [3.05, 3.63) is 0 Å². The molecule has 0 amide bonds. The Morgan fingerprint density at radius 3 is 2.62 bits per heavy atom. The van der Waals surface area contributed by atoms with Crippen LogP contribution in [0.25, 0.3) is 0 Å². The fraction of sp³-hybridized carbons (Fsp3) is 0.800. The summed E-state index contributed by atoms with van der Waals surface area (Å²) in [6, 6.07) is 0.228. The van der Waals surface area contributed by atoms with Crippen molar-refractivity contribution in [3.63, 3.8) is 0 Å². The second-order valence-corrected chi connectivity index (χ2v) is 3.69. The summed E-state index contributed by atoms with van der Waals surface area (Å²) in [6.07, 6.45) is 6.01. The van der Waals surface area contributed by atoms with E-state index in [0.29, 0.717) is 13.1 Å². The molecule has 0 aromatic rings. The van der Waals surface area contributed by atoms with E-state index in [1.54, 1.807) is 7.11 Å². The van der Waals surface area contributed by atoms with Crippen molar-refractivity contribution in [2.75, 3.05) is 20.2 Å². The monoisotopic (exact) mass is 184 g/mol. The number of terminal acetylenes is 1. The van der Waals surface area contributed by atoms with Crippen molar-refractivity contribution in [1.29, 1.82) is 0 Å². The lowest BCUT2D eigenvalue weighted by atomic mass is 9.99.